The maximum atomic E-state index is 12.3. The molecule has 2 amide bonds. The van der Waals surface area contributed by atoms with Crippen molar-refractivity contribution in [1.82, 2.24) is 15.5 Å². The topological polar surface area (TPSA) is 61.4 Å². The fourth-order valence-electron chi connectivity index (χ4n) is 2.62. The molecule has 2 saturated heterocycles. The number of rotatable bonds is 4. The van der Waals surface area contributed by atoms with Crippen molar-refractivity contribution in [2.75, 3.05) is 26.2 Å². The monoisotopic (exact) mass is 329 g/mol. The Bertz CT molecular complexity index is 386. The molecule has 2 fully saturated rings. The van der Waals surface area contributed by atoms with Gasteiger partial charge in [-0.05, 0) is 19.4 Å². The zero-order chi connectivity index (χ0) is 14.8. The molecule has 2 heterocycles. The minimum absolute atomic E-state index is 0. The van der Waals surface area contributed by atoms with Crippen molar-refractivity contribution in [1.29, 1.82) is 0 Å². The van der Waals surface area contributed by atoms with Gasteiger partial charge in [0.15, 0.2) is 0 Å². The van der Waals surface area contributed by atoms with Gasteiger partial charge in [0.2, 0.25) is 11.8 Å². The lowest BCUT2D eigenvalue weighted by Crippen LogP contribution is -2.41. The highest BCUT2D eigenvalue weighted by Crippen LogP contribution is 2.23. The molecule has 2 N–H and O–H groups in total. The molecule has 2 aliphatic rings. The third kappa shape index (κ3) is 5.35. The van der Waals surface area contributed by atoms with Crippen LogP contribution in [0.3, 0.4) is 0 Å². The van der Waals surface area contributed by atoms with E-state index in [1.807, 2.05) is 0 Å². The summed E-state index contributed by atoms with van der Waals surface area (Å²) < 4.78 is 36.8. The fraction of sp³-hybridized carbons (Fsp3) is 0.833. The third-order valence-electron chi connectivity index (χ3n) is 3.64. The van der Waals surface area contributed by atoms with Gasteiger partial charge in [-0.15, -0.1) is 12.4 Å². The van der Waals surface area contributed by atoms with Crippen molar-refractivity contribution >= 4 is 24.2 Å². The van der Waals surface area contributed by atoms with E-state index >= 15 is 0 Å². The highest BCUT2D eigenvalue weighted by atomic mass is 35.5. The van der Waals surface area contributed by atoms with E-state index in [1.165, 1.54) is 0 Å². The predicted octanol–water partition coefficient (Wildman–Crippen LogP) is 0.687. The van der Waals surface area contributed by atoms with E-state index in [-0.39, 0.29) is 37.3 Å². The van der Waals surface area contributed by atoms with E-state index in [0.29, 0.717) is 11.4 Å². The summed E-state index contributed by atoms with van der Waals surface area (Å²) in [5.74, 6) is -1.62. The maximum absolute atomic E-state index is 12.3. The first-order valence-corrected chi connectivity index (χ1v) is 6.71. The Labute approximate surface area is 127 Å². The molecule has 21 heavy (non-hydrogen) atoms. The summed E-state index contributed by atoms with van der Waals surface area (Å²) in [7, 11) is 0. The molecule has 0 spiro atoms. The van der Waals surface area contributed by atoms with Gasteiger partial charge in [0.1, 0.15) is 6.54 Å². The standard InChI is InChI=1S/C12H18F3N3O2.ClH/c13-12(14,15)7-18-6-8(4-10(18)19)11(20)17-5-9-2-1-3-16-9;/h8-9,16H,1-7H2,(H,17,20);1H. The van der Waals surface area contributed by atoms with Crippen LogP contribution in [-0.4, -0.2) is 55.1 Å². The molecule has 5 nitrogen and oxygen atoms in total. The Kier molecular flexibility index (Phi) is 6.27. The van der Waals surface area contributed by atoms with Crippen LogP contribution in [0.2, 0.25) is 0 Å². The normalized spacial score (nSPS) is 25.9. The molecular weight excluding hydrogens is 311 g/mol. The Morgan fingerprint density at radius 3 is 2.71 bits per heavy atom. The number of halogens is 4. The van der Waals surface area contributed by atoms with E-state index in [4.69, 9.17) is 0 Å². The smallest absolute Gasteiger partial charge is 0.354 e. The molecule has 0 saturated carbocycles. The molecule has 0 aromatic rings. The van der Waals surface area contributed by atoms with E-state index in [2.05, 4.69) is 10.6 Å². The second kappa shape index (κ2) is 7.31. The van der Waals surface area contributed by atoms with Crippen molar-refractivity contribution in [3.8, 4) is 0 Å². The average Bonchev–Trinajstić information content (AvgIpc) is 2.95. The van der Waals surface area contributed by atoms with Crippen molar-refractivity contribution in [2.45, 2.75) is 31.5 Å². The highest BCUT2D eigenvalue weighted by Gasteiger charge is 2.40. The molecule has 2 rings (SSSR count). The number of hydrogen-bond acceptors (Lipinski definition) is 3. The Morgan fingerprint density at radius 1 is 1.43 bits per heavy atom. The first-order valence-electron chi connectivity index (χ1n) is 6.71. The van der Waals surface area contributed by atoms with Crippen molar-refractivity contribution < 1.29 is 22.8 Å². The first-order chi connectivity index (χ1) is 9.35. The molecule has 9 heteroatoms. The largest absolute Gasteiger partial charge is 0.406 e. The summed E-state index contributed by atoms with van der Waals surface area (Å²) in [6.45, 7) is -0.0489. The zero-order valence-electron chi connectivity index (χ0n) is 11.4. The lowest BCUT2D eigenvalue weighted by molar-refractivity contribution is -0.157. The van der Waals surface area contributed by atoms with E-state index in [0.717, 1.165) is 19.4 Å². The van der Waals surface area contributed by atoms with Crippen LogP contribution >= 0.6 is 12.4 Å². The number of likely N-dealkylation sites (tertiary alicyclic amines) is 1. The number of nitrogens with zero attached hydrogens (tertiary/aromatic N) is 1. The maximum Gasteiger partial charge on any atom is 0.406 e. The molecule has 0 aromatic heterocycles. The second-order valence-corrected chi connectivity index (χ2v) is 5.33. The van der Waals surface area contributed by atoms with Crippen LogP contribution in [0.5, 0.6) is 0 Å². The minimum Gasteiger partial charge on any atom is -0.354 e. The summed E-state index contributed by atoms with van der Waals surface area (Å²) in [4.78, 5) is 24.0. The molecule has 0 aromatic carbocycles. The summed E-state index contributed by atoms with van der Waals surface area (Å²) >= 11 is 0. The number of nitrogens with one attached hydrogen (secondary N) is 2. The first kappa shape index (κ1) is 18.0. The number of alkyl halides is 3. The fourth-order valence-corrected chi connectivity index (χ4v) is 2.62. The molecule has 2 aliphatic heterocycles. The molecule has 2 unspecified atom stereocenters. The lowest BCUT2D eigenvalue weighted by Gasteiger charge is -2.18. The van der Waals surface area contributed by atoms with Crippen LogP contribution in [0.1, 0.15) is 19.3 Å². The van der Waals surface area contributed by atoms with Gasteiger partial charge in [-0.3, -0.25) is 9.59 Å². The summed E-state index contributed by atoms with van der Waals surface area (Å²) in [5, 5.41) is 5.92. The zero-order valence-corrected chi connectivity index (χ0v) is 12.2. The van der Waals surface area contributed by atoms with Crippen molar-refractivity contribution in [3.63, 3.8) is 0 Å². The Morgan fingerprint density at radius 2 is 2.14 bits per heavy atom. The Balaban J connectivity index is 0.00000220. The molecule has 0 bridgehead atoms. The van der Waals surface area contributed by atoms with Crippen molar-refractivity contribution in [2.24, 2.45) is 5.92 Å². The van der Waals surface area contributed by atoms with E-state index in [1.54, 1.807) is 0 Å². The van der Waals surface area contributed by atoms with Crippen LogP contribution in [0.25, 0.3) is 0 Å². The highest BCUT2D eigenvalue weighted by molar-refractivity contribution is 5.89. The summed E-state index contributed by atoms with van der Waals surface area (Å²) in [5.41, 5.74) is 0. The van der Waals surface area contributed by atoms with Gasteiger partial charge in [-0.2, -0.15) is 13.2 Å². The molecule has 0 aliphatic carbocycles. The second-order valence-electron chi connectivity index (χ2n) is 5.33. The van der Waals surface area contributed by atoms with Crippen LogP contribution in [0, 0.1) is 5.92 Å². The SMILES string of the molecule is Cl.O=C(NCC1CCCN1)C1CC(=O)N(CC(F)(F)F)C1. The third-order valence-corrected chi connectivity index (χ3v) is 3.64. The lowest BCUT2D eigenvalue weighted by atomic mass is 10.1. The molecule has 0 radical (unpaired) electrons. The van der Waals surface area contributed by atoms with Crippen LogP contribution in [-0.2, 0) is 9.59 Å². The molecular formula is C12H19ClF3N3O2. The van der Waals surface area contributed by atoms with E-state index in [9.17, 15) is 22.8 Å². The Hall–Kier alpha value is -1.02. The summed E-state index contributed by atoms with van der Waals surface area (Å²) in [6, 6.07) is 0.224. The molecule has 122 valence electrons. The minimum atomic E-state index is -4.42. The average molecular weight is 330 g/mol. The number of carbonyl (C=O) groups excluding carboxylic acids is 2. The number of carbonyl (C=O) groups is 2. The van der Waals surface area contributed by atoms with Crippen LogP contribution in [0.15, 0.2) is 0 Å². The molecule has 2 atom stereocenters. The van der Waals surface area contributed by atoms with Gasteiger partial charge < -0.3 is 15.5 Å². The van der Waals surface area contributed by atoms with Crippen molar-refractivity contribution in [3.05, 3.63) is 0 Å². The van der Waals surface area contributed by atoms with Gasteiger partial charge >= 0.3 is 6.18 Å². The van der Waals surface area contributed by atoms with Gasteiger partial charge in [0.05, 0.1) is 5.92 Å². The number of amides is 2. The van der Waals surface area contributed by atoms with Crippen LogP contribution < -0.4 is 10.6 Å². The van der Waals surface area contributed by atoms with Gasteiger partial charge in [-0.1, -0.05) is 0 Å². The van der Waals surface area contributed by atoms with Crippen LogP contribution in [0.4, 0.5) is 13.2 Å². The van der Waals surface area contributed by atoms with Gasteiger partial charge in [0.25, 0.3) is 0 Å². The van der Waals surface area contributed by atoms with Gasteiger partial charge in [-0.25, -0.2) is 0 Å². The quantitative estimate of drug-likeness (QED) is 0.797. The summed E-state index contributed by atoms with van der Waals surface area (Å²) in [6.07, 6.45) is -2.53. The van der Waals surface area contributed by atoms with E-state index < -0.39 is 24.5 Å². The predicted molar refractivity (Wildman–Crippen MR) is 72.0 cm³/mol. The van der Waals surface area contributed by atoms with Gasteiger partial charge in [0, 0.05) is 25.6 Å². The number of hydrogen-bond donors (Lipinski definition) is 2.